The first kappa shape index (κ1) is 17.1. The summed E-state index contributed by atoms with van der Waals surface area (Å²) in [6.45, 7) is 0.986. The van der Waals surface area contributed by atoms with E-state index < -0.39 is 5.91 Å². The van der Waals surface area contributed by atoms with Gasteiger partial charge in [-0.3, -0.25) is 9.59 Å². The maximum Gasteiger partial charge on any atom is 0.258 e. The molecule has 128 valence electrons. The highest BCUT2D eigenvalue weighted by atomic mass is 32.1. The van der Waals surface area contributed by atoms with E-state index in [9.17, 15) is 9.59 Å². The van der Waals surface area contributed by atoms with Gasteiger partial charge in [-0.05, 0) is 42.3 Å². The van der Waals surface area contributed by atoms with Gasteiger partial charge in [0.1, 0.15) is 12.4 Å². The van der Waals surface area contributed by atoms with Gasteiger partial charge in [0.2, 0.25) is 5.91 Å². The van der Waals surface area contributed by atoms with Crippen molar-refractivity contribution in [2.45, 2.75) is 19.3 Å². The Bertz CT molecular complexity index is 851. The summed E-state index contributed by atoms with van der Waals surface area (Å²) >= 11 is 1.33. The number of amides is 2. The molecule has 0 bridgehead atoms. The van der Waals surface area contributed by atoms with E-state index in [0.717, 1.165) is 16.1 Å². The number of carbonyl (C=O) groups is 2. The van der Waals surface area contributed by atoms with Crippen molar-refractivity contribution in [2.75, 3.05) is 18.1 Å². The van der Waals surface area contributed by atoms with Gasteiger partial charge in [0.05, 0.1) is 17.1 Å². The number of hydrogen-bond acceptors (Lipinski definition) is 4. The van der Waals surface area contributed by atoms with Crippen LogP contribution in [0.15, 0.2) is 30.3 Å². The van der Waals surface area contributed by atoms with Crippen molar-refractivity contribution in [1.29, 1.82) is 0 Å². The topological polar surface area (TPSA) is 72.6 Å². The van der Waals surface area contributed by atoms with E-state index in [-0.39, 0.29) is 5.91 Å². The van der Waals surface area contributed by atoms with Crippen molar-refractivity contribution < 1.29 is 14.3 Å². The molecule has 0 radical (unpaired) electrons. The molecule has 6 heteroatoms. The van der Waals surface area contributed by atoms with Crippen LogP contribution in [0, 0.1) is 12.3 Å². The predicted molar refractivity (Wildman–Crippen MR) is 98.8 cm³/mol. The van der Waals surface area contributed by atoms with Crippen LogP contribution in [-0.4, -0.2) is 25.0 Å². The first-order chi connectivity index (χ1) is 12.1. The van der Waals surface area contributed by atoms with Crippen LogP contribution in [0.4, 0.5) is 5.69 Å². The van der Waals surface area contributed by atoms with E-state index in [2.05, 4.69) is 5.92 Å². The molecule has 0 unspecified atom stereocenters. The number of nitrogens with two attached hydrogens (primary N) is 1. The lowest BCUT2D eigenvalue weighted by atomic mass is 10.1. The summed E-state index contributed by atoms with van der Waals surface area (Å²) < 4.78 is 5.67. The summed E-state index contributed by atoms with van der Waals surface area (Å²) in [6.07, 6.45) is 6.93. The second-order valence-electron chi connectivity index (χ2n) is 5.66. The minimum atomic E-state index is -0.442. The molecule has 0 saturated carbocycles. The fourth-order valence-electron chi connectivity index (χ4n) is 2.73. The second kappa shape index (κ2) is 7.41. The molecule has 5 nitrogen and oxygen atoms in total. The number of rotatable bonds is 5. The molecule has 1 aromatic carbocycles. The molecule has 1 aromatic heterocycles. The van der Waals surface area contributed by atoms with Gasteiger partial charge in [0.15, 0.2) is 0 Å². The highest BCUT2D eigenvalue weighted by Crippen LogP contribution is 2.38. The summed E-state index contributed by atoms with van der Waals surface area (Å²) in [4.78, 5) is 27.0. The maximum atomic E-state index is 12.5. The van der Waals surface area contributed by atoms with Crippen LogP contribution in [0.3, 0.4) is 0 Å². The zero-order chi connectivity index (χ0) is 17.8. The van der Waals surface area contributed by atoms with Gasteiger partial charge in [-0.25, -0.2) is 0 Å². The van der Waals surface area contributed by atoms with Gasteiger partial charge in [0, 0.05) is 17.7 Å². The van der Waals surface area contributed by atoms with E-state index >= 15 is 0 Å². The summed E-state index contributed by atoms with van der Waals surface area (Å²) in [5, 5.41) is 0. The molecule has 2 aromatic rings. The average Bonchev–Trinajstić information content (AvgIpc) is 3.11. The molecule has 2 heterocycles. The average molecular weight is 354 g/mol. The van der Waals surface area contributed by atoms with Crippen molar-refractivity contribution >= 4 is 28.8 Å². The van der Waals surface area contributed by atoms with Crippen LogP contribution in [0.25, 0.3) is 10.4 Å². The number of ether oxygens (including phenoxy) is 1. The lowest BCUT2D eigenvalue weighted by Crippen LogP contribution is -2.37. The Morgan fingerprint density at radius 1 is 1.32 bits per heavy atom. The Labute approximate surface area is 150 Å². The molecular formula is C19H18N2O3S. The Morgan fingerprint density at radius 3 is 2.88 bits per heavy atom. The predicted octanol–water partition coefficient (Wildman–Crippen LogP) is 3.04. The number of hydrogen-bond donors (Lipinski definition) is 1. The van der Waals surface area contributed by atoms with Gasteiger partial charge in [-0.2, -0.15) is 0 Å². The first-order valence-electron chi connectivity index (χ1n) is 8.01. The van der Waals surface area contributed by atoms with Crippen LogP contribution < -0.4 is 15.4 Å². The Hall–Kier alpha value is -2.78. The Kier molecular flexibility index (Phi) is 5.05. The summed E-state index contributed by atoms with van der Waals surface area (Å²) in [5.74, 6) is 2.84. The third-order valence-electron chi connectivity index (χ3n) is 3.97. The Morgan fingerprint density at radius 2 is 2.16 bits per heavy atom. The summed E-state index contributed by atoms with van der Waals surface area (Å²) in [5.41, 5.74) is 6.99. The molecule has 2 N–H and O–H groups in total. The third-order valence-corrected chi connectivity index (χ3v) is 5.12. The highest BCUT2D eigenvalue weighted by molar-refractivity contribution is 7.17. The number of fused-ring (bicyclic) bond motifs is 1. The molecule has 0 atom stereocenters. The standard InChI is InChI=1S/C19H18N2O3S/c1-2-3-4-5-18(22)21-10-11-24-15-7-6-13(12-14(15)21)16-8-9-17(25-16)19(20)23/h1,6-9,12H,3-5,10-11H2,(H2,20,23). The molecule has 1 aliphatic rings. The second-order valence-corrected chi connectivity index (χ2v) is 6.75. The number of terminal acetylenes is 1. The molecule has 3 rings (SSSR count). The van der Waals surface area contributed by atoms with Crippen LogP contribution in [0.2, 0.25) is 0 Å². The fraction of sp³-hybridized carbons (Fsp3) is 0.263. The molecule has 25 heavy (non-hydrogen) atoms. The van der Waals surface area contributed by atoms with Crippen molar-refractivity contribution in [3.8, 4) is 28.5 Å². The molecule has 2 amide bonds. The summed E-state index contributed by atoms with van der Waals surface area (Å²) in [6, 6.07) is 9.26. The number of unbranched alkanes of at least 4 members (excludes halogenated alkanes) is 1. The summed E-state index contributed by atoms with van der Waals surface area (Å²) in [7, 11) is 0. The lowest BCUT2D eigenvalue weighted by Gasteiger charge is -2.30. The van der Waals surface area contributed by atoms with Gasteiger partial charge in [-0.15, -0.1) is 23.7 Å². The number of benzene rings is 1. The Balaban J connectivity index is 1.88. The lowest BCUT2D eigenvalue weighted by molar-refractivity contribution is -0.118. The van der Waals surface area contributed by atoms with Crippen molar-refractivity contribution in [3.63, 3.8) is 0 Å². The van der Waals surface area contributed by atoms with E-state index in [1.165, 1.54) is 11.3 Å². The molecule has 0 aliphatic carbocycles. The molecule has 0 fully saturated rings. The van der Waals surface area contributed by atoms with Crippen LogP contribution >= 0.6 is 11.3 Å². The normalized spacial score (nSPS) is 12.8. The monoisotopic (exact) mass is 354 g/mol. The minimum absolute atomic E-state index is 0.0426. The number of nitrogens with zero attached hydrogens (tertiary/aromatic N) is 1. The van der Waals surface area contributed by atoms with Gasteiger partial charge >= 0.3 is 0 Å². The quantitative estimate of drug-likeness (QED) is 0.662. The van der Waals surface area contributed by atoms with Gasteiger partial charge in [0.25, 0.3) is 5.91 Å². The number of carbonyl (C=O) groups excluding carboxylic acids is 2. The molecule has 0 spiro atoms. The number of primary amides is 1. The molecular weight excluding hydrogens is 336 g/mol. The molecule has 0 saturated heterocycles. The fourth-order valence-corrected chi connectivity index (χ4v) is 3.59. The van der Waals surface area contributed by atoms with Crippen molar-refractivity contribution in [3.05, 3.63) is 35.2 Å². The van der Waals surface area contributed by atoms with Gasteiger partial charge < -0.3 is 15.4 Å². The number of thiophene rings is 1. The minimum Gasteiger partial charge on any atom is -0.490 e. The van der Waals surface area contributed by atoms with Crippen LogP contribution in [0.5, 0.6) is 5.75 Å². The third kappa shape index (κ3) is 3.67. The van der Waals surface area contributed by atoms with Crippen molar-refractivity contribution in [1.82, 2.24) is 0 Å². The van der Waals surface area contributed by atoms with E-state index in [1.54, 1.807) is 11.0 Å². The molecule has 1 aliphatic heterocycles. The van der Waals surface area contributed by atoms with Gasteiger partial charge in [-0.1, -0.05) is 0 Å². The number of anilines is 1. The van der Waals surface area contributed by atoms with E-state index in [1.807, 2.05) is 24.3 Å². The maximum absolute atomic E-state index is 12.5. The smallest absolute Gasteiger partial charge is 0.258 e. The zero-order valence-corrected chi connectivity index (χ0v) is 14.5. The SMILES string of the molecule is C#CCCCC(=O)N1CCOc2ccc(-c3ccc(C(N)=O)s3)cc21. The largest absolute Gasteiger partial charge is 0.490 e. The van der Waals surface area contributed by atoms with E-state index in [4.69, 9.17) is 16.9 Å². The zero-order valence-electron chi connectivity index (χ0n) is 13.7. The first-order valence-corrected chi connectivity index (χ1v) is 8.82. The van der Waals surface area contributed by atoms with Crippen LogP contribution in [-0.2, 0) is 4.79 Å². The highest BCUT2D eigenvalue weighted by Gasteiger charge is 2.24. The van der Waals surface area contributed by atoms with Crippen LogP contribution in [0.1, 0.15) is 28.9 Å². The van der Waals surface area contributed by atoms with Crippen molar-refractivity contribution in [2.24, 2.45) is 5.73 Å². The van der Waals surface area contributed by atoms with E-state index in [0.29, 0.717) is 43.0 Å².